The highest BCUT2D eigenvalue weighted by Gasteiger charge is 2.24. The Kier molecular flexibility index (Phi) is 5.83. The first-order valence-electron chi connectivity index (χ1n) is 10.5. The monoisotopic (exact) mass is 410 g/mol. The van der Waals surface area contributed by atoms with E-state index in [1.807, 2.05) is 17.7 Å². The highest BCUT2D eigenvalue weighted by molar-refractivity contribution is 5.79. The molecule has 0 unspecified atom stereocenters. The van der Waals surface area contributed by atoms with Crippen LogP contribution in [0.4, 0.5) is 0 Å². The second kappa shape index (κ2) is 8.69. The molecule has 8 heteroatoms. The van der Waals surface area contributed by atoms with Crippen LogP contribution in [0.15, 0.2) is 29.1 Å². The summed E-state index contributed by atoms with van der Waals surface area (Å²) in [5.41, 5.74) is 1.93. The molecule has 3 aromatic rings. The summed E-state index contributed by atoms with van der Waals surface area (Å²) in [6.07, 6.45) is 5.13. The van der Waals surface area contributed by atoms with Crippen molar-refractivity contribution in [2.24, 2.45) is 0 Å². The molecule has 2 heterocycles. The molecule has 0 bridgehead atoms. The van der Waals surface area contributed by atoms with E-state index in [0.717, 1.165) is 18.5 Å². The third kappa shape index (κ3) is 3.94. The number of carbonyl (C=O) groups is 1. The van der Waals surface area contributed by atoms with Gasteiger partial charge < -0.3 is 14.5 Å². The molecule has 1 fully saturated rings. The number of rotatable bonds is 7. The summed E-state index contributed by atoms with van der Waals surface area (Å²) >= 11 is 0. The molecule has 0 radical (unpaired) electrons. The van der Waals surface area contributed by atoms with Gasteiger partial charge in [0.2, 0.25) is 0 Å². The average molecular weight is 410 g/mol. The number of aromatic amines is 1. The minimum Gasteiger partial charge on any atom is -0.482 e. The third-order valence-corrected chi connectivity index (χ3v) is 5.41. The van der Waals surface area contributed by atoms with E-state index >= 15 is 0 Å². The van der Waals surface area contributed by atoms with Crippen LogP contribution in [-0.4, -0.2) is 38.9 Å². The second-order valence-corrected chi connectivity index (χ2v) is 7.42. The van der Waals surface area contributed by atoms with Crippen LogP contribution in [-0.2, 0) is 16.0 Å². The largest absolute Gasteiger partial charge is 0.482 e. The SMILES string of the molecule is CCOC(=O)COc1cccc(-c2nc3c(c(CC)nn3C3CCCC3)c(=O)[nH]2)c1. The maximum Gasteiger partial charge on any atom is 0.344 e. The Hall–Kier alpha value is -3.16. The Morgan fingerprint density at radius 1 is 1.27 bits per heavy atom. The van der Waals surface area contributed by atoms with Gasteiger partial charge in [-0.3, -0.25) is 4.79 Å². The molecule has 0 spiro atoms. The Bertz CT molecular complexity index is 1110. The van der Waals surface area contributed by atoms with E-state index in [0.29, 0.717) is 41.2 Å². The maximum absolute atomic E-state index is 12.9. The number of nitrogens with zero attached hydrogens (tertiary/aromatic N) is 3. The Balaban J connectivity index is 1.71. The fourth-order valence-electron chi connectivity index (χ4n) is 3.98. The topological polar surface area (TPSA) is 99.1 Å². The van der Waals surface area contributed by atoms with E-state index in [1.165, 1.54) is 12.8 Å². The summed E-state index contributed by atoms with van der Waals surface area (Å²) in [5.74, 6) is 0.529. The summed E-state index contributed by atoms with van der Waals surface area (Å²) in [5, 5.41) is 5.30. The Labute approximate surface area is 174 Å². The third-order valence-electron chi connectivity index (χ3n) is 5.41. The van der Waals surface area contributed by atoms with Gasteiger partial charge in [-0.2, -0.15) is 5.10 Å². The quantitative estimate of drug-likeness (QED) is 0.599. The lowest BCUT2D eigenvalue weighted by Gasteiger charge is -2.11. The molecule has 0 aliphatic heterocycles. The molecular weight excluding hydrogens is 384 g/mol. The van der Waals surface area contributed by atoms with E-state index in [2.05, 4.69) is 4.98 Å². The lowest BCUT2D eigenvalue weighted by molar-refractivity contribution is -0.145. The molecule has 30 heavy (non-hydrogen) atoms. The van der Waals surface area contributed by atoms with Gasteiger partial charge in [0.1, 0.15) is 17.0 Å². The highest BCUT2D eigenvalue weighted by atomic mass is 16.6. The summed E-state index contributed by atoms with van der Waals surface area (Å²) in [6.45, 7) is 3.88. The lowest BCUT2D eigenvalue weighted by Crippen LogP contribution is -2.14. The van der Waals surface area contributed by atoms with Gasteiger partial charge in [-0.25, -0.2) is 14.5 Å². The molecule has 1 aliphatic rings. The smallest absolute Gasteiger partial charge is 0.344 e. The van der Waals surface area contributed by atoms with Crippen molar-refractivity contribution >= 4 is 17.0 Å². The zero-order chi connectivity index (χ0) is 21.1. The average Bonchev–Trinajstić information content (AvgIpc) is 3.40. The van der Waals surface area contributed by atoms with Gasteiger partial charge >= 0.3 is 5.97 Å². The zero-order valence-corrected chi connectivity index (χ0v) is 17.3. The van der Waals surface area contributed by atoms with Gasteiger partial charge in [-0.15, -0.1) is 0 Å². The number of aryl methyl sites for hydroxylation is 1. The molecule has 0 saturated heterocycles. The molecule has 4 rings (SSSR count). The number of H-pyrrole nitrogens is 1. The number of benzene rings is 1. The molecule has 2 aromatic heterocycles. The van der Waals surface area contributed by atoms with Crippen molar-refractivity contribution in [2.45, 2.75) is 52.0 Å². The Morgan fingerprint density at radius 2 is 2.07 bits per heavy atom. The number of ether oxygens (including phenoxy) is 2. The van der Waals surface area contributed by atoms with Crippen LogP contribution in [0.1, 0.15) is 51.3 Å². The Morgan fingerprint density at radius 3 is 2.80 bits per heavy atom. The first-order chi connectivity index (χ1) is 14.6. The number of esters is 1. The standard InChI is InChI=1S/C22H26N4O4/c1-3-17-19-21(26(25-17)15-9-5-6-10-15)23-20(24-22(19)28)14-8-7-11-16(12-14)30-13-18(27)29-4-2/h7-8,11-12,15H,3-6,9-10,13H2,1-2H3,(H,23,24,28). The van der Waals surface area contributed by atoms with Crippen molar-refractivity contribution in [3.63, 3.8) is 0 Å². The molecular formula is C22H26N4O4. The predicted octanol–water partition coefficient (Wildman–Crippen LogP) is 3.41. The highest BCUT2D eigenvalue weighted by Crippen LogP contribution is 2.32. The van der Waals surface area contributed by atoms with Crippen LogP contribution in [0.3, 0.4) is 0 Å². The minimum atomic E-state index is -0.427. The summed E-state index contributed by atoms with van der Waals surface area (Å²) in [4.78, 5) is 32.1. The van der Waals surface area contributed by atoms with Crippen molar-refractivity contribution in [3.8, 4) is 17.1 Å². The van der Waals surface area contributed by atoms with Crippen LogP contribution >= 0.6 is 0 Å². The summed E-state index contributed by atoms with van der Waals surface area (Å²) in [7, 11) is 0. The van der Waals surface area contributed by atoms with Crippen molar-refractivity contribution in [3.05, 3.63) is 40.3 Å². The molecule has 0 amide bonds. The fourth-order valence-corrected chi connectivity index (χ4v) is 3.98. The molecule has 1 aliphatic carbocycles. The van der Waals surface area contributed by atoms with Crippen molar-refractivity contribution in [1.29, 1.82) is 0 Å². The van der Waals surface area contributed by atoms with E-state index in [-0.39, 0.29) is 18.2 Å². The van der Waals surface area contributed by atoms with Crippen LogP contribution in [0.5, 0.6) is 5.75 Å². The summed E-state index contributed by atoms with van der Waals surface area (Å²) in [6, 6.07) is 7.43. The van der Waals surface area contributed by atoms with E-state index in [1.54, 1.807) is 25.1 Å². The first kappa shape index (κ1) is 20.1. The zero-order valence-electron chi connectivity index (χ0n) is 17.3. The van der Waals surface area contributed by atoms with E-state index in [9.17, 15) is 9.59 Å². The van der Waals surface area contributed by atoms with Gasteiger partial charge in [0.15, 0.2) is 12.3 Å². The van der Waals surface area contributed by atoms with Crippen LogP contribution in [0.2, 0.25) is 0 Å². The maximum atomic E-state index is 12.9. The van der Waals surface area contributed by atoms with Gasteiger partial charge in [-0.1, -0.05) is 31.9 Å². The van der Waals surface area contributed by atoms with E-state index in [4.69, 9.17) is 19.6 Å². The summed E-state index contributed by atoms with van der Waals surface area (Å²) < 4.78 is 12.3. The molecule has 158 valence electrons. The number of hydrogen-bond donors (Lipinski definition) is 1. The van der Waals surface area contributed by atoms with Gasteiger partial charge in [0.05, 0.1) is 18.3 Å². The van der Waals surface area contributed by atoms with Crippen LogP contribution in [0.25, 0.3) is 22.4 Å². The minimum absolute atomic E-state index is 0.172. The number of carbonyl (C=O) groups excluding carboxylic acids is 1. The fraction of sp³-hybridized carbons (Fsp3) is 0.455. The van der Waals surface area contributed by atoms with Gasteiger partial charge in [0, 0.05) is 5.56 Å². The predicted molar refractivity (Wildman–Crippen MR) is 113 cm³/mol. The van der Waals surface area contributed by atoms with Crippen molar-refractivity contribution < 1.29 is 14.3 Å². The van der Waals surface area contributed by atoms with Crippen molar-refractivity contribution in [1.82, 2.24) is 19.7 Å². The van der Waals surface area contributed by atoms with Crippen molar-refractivity contribution in [2.75, 3.05) is 13.2 Å². The number of fused-ring (bicyclic) bond motifs is 1. The van der Waals surface area contributed by atoms with Crippen LogP contribution in [0, 0.1) is 0 Å². The molecule has 1 N–H and O–H groups in total. The number of aromatic nitrogens is 4. The normalized spacial score (nSPS) is 14.3. The number of hydrogen-bond acceptors (Lipinski definition) is 6. The molecule has 1 aromatic carbocycles. The first-order valence-corrected chi connectivity index (χ1v) is 10.5. The number of nitrogens with one attached hydrogen (secondary N) is 1. The molecule has 0 atom stereocenters. The second-order valence-electron chi connectivity index (χ2n) is 7.42. The lowest BCUT2D eigenvalue weighted by atomic mass is 10.2. The van der Waals surface area contributed by atoms with E-state index < -0.39 is 5.97 Å². The van der Waals surface area contributed by atoms with Gasteiger partial charge in [0.25, 0.3) is 5.56 Å². The molecule has 1 saturated carbocycles. The van der Waals surface area contributed by atoms with Crippen LogP contribution < -0.4 is 10.3 Å². The molecule has 8 nitrogen and oxygen atoms in total. The van der Waals surface area contributed by atoms with Gasteiger partial charge in [-0.05, 0) is 38.3 Å².